The highest BCUT2D eigenvalue weighted by Crippen LogP contribution is 2.55. The van der Waals surface area contributed by atoms with Gasteiger partial charge in [-0.2, -0.15) is 0 Å². The molecule has 3 rings (SSSR count). The summed E-state index contributed by atoms with van der Waals surface area (Å²) in [5.74, 6) is 0. The van der Waals surface area contributed by atoms with Gasteiger partial charge in [0.05, 0.1) is 4.90 Å². The number of hydrogen-bond donors (Lipinski definition) is 1. The van der Waals surface area contributed by atoms with Crippen LogP contribution in [-0.4, -0.2) is 27.3 Å². The third-order valence-electron chi connectivity index (χ3n) is 5.18. The SMILES string of the molecule is CS(=O)(=O)c1ccc(CCNC2CCC23CCC3)cc1. The zero-order valence-electron chi connectivity index (χ0n) is 12.1. The second-order valence-corrected chi connectivity index (χ2v) is 8.44. The molecule has 2 saturated carbocycles. The van der Waals surface area contributed by atoms with Gasteiger partial charge in [-0.05, 0) is 61.8 Å². The molecule has 0 saturated heterocycles. The quantitative estimate of drug-likeness (QED) is 0.907. The Kier molecular flexibility index (Phi) is 3.63. The summed E-state index contributed by atoms with van der Waals surface area (Å²) in [5.41, 5.74) is 1.85. The highest BCUT2D eigenvalue weighted by atomic mass is 32.2. The molecule has 1 aromatic rings. The lowest BCUT2D eigenvalue weighted by atomic mass is 9.53. The summed E-state index contributed by atoms with van der Waals surface area (Å²) >= 11 is 0. The molecule has 0 aromatic heterocycles. The van der Waals surface area contributed by atoms with Gasteiger partial charge in [0.2, 0.25) is 0 Å². The van der Waals surface area contributed by atoms with Crippen molar-refractivity contribution in [3.8, 4) is 0 Å². The molecule has 3 nitrogen and oxygen atoms in total. The molecule has 1 unspecified atom stereocenters. The van der Waals surface area contributed by atoms with E-state index in [9.17, 15) is 8.42 Å². The van der Waals surface area contributed by atoms with Crippen LogP contribution in [0, 0.1) is 5.41 Å². The van der Waals surface area contributed by atoms with Gasteiger partial charge in [-0.25, -0.2) is 8.42 Å². The summed E-state index contributed by atoms with van der Waals surface area (Å²) in [6.07, 6.45) is 9.18. The minimum Gasteiger partial charge on any atom is -0.313 e. The zero-order chi connectivity index (χ0) is 14.2. The van der Waals surface area contributed by atoms with Gasteiger partial charge in [0.25, 0.3) is 0 Å². The molecule has 0 radical (unpaired) electrons. The number of sulfone groups is 1. The van der Waals surface area contributed by atoms with Crippen molar-refractivity contribution in [3.63, 3.8) is 0 Å². The topological polar surface area (TPSA) is 46.2 Å². The van der Waals surface area contributed by atoms with E-state index in [0.717, 1.165) is 19.0 Å². The molecule has 0 amide bonds. The number of rotatable bonds is 5. The van der Waals surface area contributed by atoms with E-state index in [4.69, 9.17) is 0 Å². The average Bonchev–Trinajstić information content (AvgIpc) is 2.31. The Labute approximate surface area is 121 Å². The lowest BCUT2D eigenvalue weighted by molar-refractivity contribution is -0.0168. The van der Waals surface area contributed by atoms with E-state index in [0.29, 0.717) is 10.3 Å². The summed E-state index contributed by atoms with van der Waals surface area (Å²) in [6.45, 7) is 0.991. The Balaban J connectivity index is 1.49. The molecule has 2 aliphatic carbocycles. The van der Waals surface area contributed by atoms with E-state index >= 15 is 0 Å². The summed E-state index contributed by atoms with van der Waals surface area (Å²) in [4.78, 5) is 0.404. The molecule has 110 valence electrons. The van der Waals surface area contributed by atoms with Crippen LogP contribution in [0.5, 0.6) is 0 Å². The second-order valence-electron chi connectivity index (χ2n) is 6.43. The van der Waals surface area contributed by atoms with Crippen molar-refractivity contribution in [1.29, 1.82) is 0 Å². The van der Waals surface area contributed by atoms with Crippen LogP contribution in [0.15, 0.2) is 29.2 Å². The van der Waals surface area contributed by atoms with Gasteiger partial charge >= 0.3 is 0 Å². The maximum atomic E-state index is 11.4. The van der Waals surface area contributed by atoms with Gasteiger partial charge in [0.1, 0.15) is 0 Å². The van der Waals surface area contributed by atoms with Gasteiger partial charge in [-0.3, -0.25) is 0 Å². The molecule has 1 aromatic carbocycles. The Morgan fingerprint density at radius 2 is 1.90 bits per heavy atom. The van der Waals surface area contributed by atoms with Gasteiger partial charge < -0.3 is 5.32 Å². The molecule has 1 spiro atoms. The normalized spacial score (nSPS) is 24.1. The van der Waals surface area contributed by atoms with Crippen molar-refractivity contribution < 1.29 is 8.42 Å². The minimum atomic E-state index is -3.08. The maximum absolute atomic E-state index is 11.4. The molecule has 2 aliphatic rings. The van der Waals surface area contributed by atoms with Crippen LogP contribution in [0.4, 0.5) is 0 Å². The fraction of sp³-hybridized carbons (Fsp3) is 0.625. The number of hydrogen-bond acceptors (Lipinski definition) is 3. The van der Waals surface area contributed by atoms with Crippen molar-refractivity contribution in [2.45, 2.75) is 49.5 Å². The third kappa shape index (κ3) is 2.63. The van der Waals surface area contributed by atoms with Crippen LogP contribution < -0.4 is 5.32 Å². The van der Waals surface area contributed by atoms with Crippen molar-refractivity contribution >= 4 is 9.84 Å². The van der Waals surface area contributed by atoms with Gasteiger partial charge in [0, 0.05) is 12.3 Å². The Morgan fingerprint density at radius 1 is 1.20 bits per heavy atom. The second kappa shape index (κ2) is 5.15. The molecular weight excluding hydrogens is 270 g/mol. The van der Waals surface area contributed by atoms with Crippen molar-refractivity contribution in [3.05, 3.63) is 29.8 Å². The summed E-state index contributed by atoms with van der Waals surface area (Å²) in [6, 6.07) is 8.00. The first kappa shape index (κ1) is 14.1. The van der Waals surface area contributed by atoms with E-state index in [2.05, 4.69) is 5.32 Å². The van der Waals surface area contributed by atoms with Gasteiger partial charge in [0.15, 0.2) is 9.84 Å². The van der Waals surface area contributed by atoms with E-state index in [1.54, 1.807) is 12.1 Å². The lowest BCUT2D eigenvalue weighted by Crippen LogP contribution is -2.57. The molecule has 2 fully saturated rings. The first-order valence-corrected chi connectivity index (χ1v) is 9.41. The van der Waals surface area contributed by atoms with Crippen LogP contribution in [0.3, 0.4) is 0 Å². The molecule has 4 heteroatoms. The predicted molar refractivity (Wildman–Crippen MR) is 80.6 cm³/mol. The standard InChI is InChI=1S/C16H23NO2S/c1-20(18,19)14-5-3-13(4-6-14)8-12-17-15-7-11-16(15)9-2-10-16/h3-6,15,17H,2,7-12H2,1H3. The molecule has 0 bridgehead atoms. The van der Waals surface area contributed by atoms with Crippen LogP contribution in [-0.2, 0) is 16.3 Å². The zero-order valence-corrected chi connectivity index (χ0v) is 12.9. The van der Waals surface area contributed by atoms with E-state index in [1.807, 2.05) is 12.1 Å². The Hall–Kier alpha value is -0.870. The summed E-state index contributed by atoms with van der Waals surface area (Å²) in [5, 5.41) is 3.69. The fourth-order valence-electron chi connectivity index (χ4n) is 3.54. The highest BCUT2D eigenvalue weighted by Gasteiger charge is 2.49. The summed E-state index contributed by atoms with van der Waals surface area (Å²) in [7, 11) is -3.08. The smallest absolute Gasteiger partial charge is 0.175 e. The molecule has 1 atom stereocenters. The molecule has 0 heterocycles. The first-order valence-electron chi connectivity index (χ1n) is 7.52. The highest BCUT2D eigenvalue weighted by molar-refractivity contribution is 7.90. The van der Waals surface area contributed by atoms with E-state index in [1.165, 1.54) is 43.9 Å². The summed E-state index contributed by atoms with van der Waals surface area (Å²) < 4.78 is 22.8. The Bertz CT molecular complexity index is 567. The number of benzene rings is 1. The maximum Gasteiger partial charge on any atom is 0.175 e. The molecule has 0 aliphatic heterocycles. The van der Waals surface area contributed by atoms with Gasteiger partial charge in [-0.15, -0.1) is 0 Å². The van der Waals surface area contributed by atoms with Crippen molar-refractivity contribution in [1.82, 2.24) is 5.32 Å². The average molecular weight is 293 g/mol. The van der Waals surface area contributed by atoms with Crippen LogP contribution in [0.1, 0.15) is 37.7 Å². The first-order chi connectivity index (χ1) is 9.50. The number of nitrogens with one attached hydrogen (secondary N) is 1. The minimum absolute atomic E-state index is 0.404. The van der Waals surface area contributed by atoms with E-state index in [-0.39, 0.29) is 0 Å². The van der Waals surface area contributed by atoms with E-state index < -0.39 is 9.84 Å². The molecule has 1 N–H and O–H groups in total. The van der Waals surface area contributed by atoms with Crippen LogP contribution >= 0.6 is 0 Å². The van der Waals surface area contributed by atoms with Crippen LogP contribution in [0.25, 0.3) is 0 Å². The monoisotopic (exact) mass is 293 g/mol. The molecular formula is C16H23NO2S. The van der Waals surface area contributed by atoms with Crippen LogP contribution in [0.2, 0.25) is 0 Å². The predicted octanol–water partition coefficient (Wildman–Crippen LogP) is 2.55. The third-order valence-corrected chi connectivity index (χ3v) is 6.30. The van der Waals surface area contributed by atoms with Crippen molar-refractivity contribution in [2.75, 3.05) is 12.8 Å². The fourth-order valence-corrected chi connectivity index (χ4v) is 4.17. The van der Waals surface area contributed by atoms with Gasteiger partial charge in [-0.1, -0.05) is 18.6 Å². The van der Waals surface area contributed by atoms with Crippen molar-refractivity contribution in [2.24, 2.45) is 5.41 Å². The lowest BCUT2D eigenvalue weighted by Gasteiger charge is -2.56. The Morgan fingerprint density at radius 3 is 2.35 bits per heavy atom. The molecule has 20 heavy (non-hydrogen) atoms. The largest absolute Gasteiger partial charge is 0.313 e.